The van der Waals surface area contributed by atoms with Crippen molar-refractivity contribution in [3.8, 4) is 0 Å². The molecule has 0 amide bonds. The van der Waals surface area contributed by atoms with Crippen molar-refractivity contribution in [1.29, 1.82) is 0 Å². The molecule has 3 aromatic rings. The summed E-state index contributed by atoms with van der Waals surface area (Å²) in [7, 11) is -1.82. The molecule has 2 aliphatic heterocycles. The van der Waals surface area contributed by atoms with Crippen LogP contribution in [0.15, 0.2) is 66.1 Å². The Balaban J connectivity index is 1.18. The minimum Gasteiger partial charge on any atom is -0.368 e. The fourth-order valence-corrected chi connectivity index (χ4v) is 7.18. The lowest BCUT2D eigenvalue weighted by molar-refractivity contribution is 0.134. The third kappa shape index (κ3) is 4.82. The Morgan fingerprint density at radius 2 is 1.89 bits per heavy atom. The summed E-state index contributed by atoms with van der Waals surface area (Å²) >= 11 is 0. The maximum atomic E-state index is 12.6. The number of imidazole rings is 1. The number of sulfonamides is 1. The lowest BCUT2D eigenvalue weighted by Gasteiger charge is -2.43. The molecule has 2 fully saturated rings. The first-order valence-corrected chi connectivity index (χ1v) is 14.6. The van der Waals surface area contributed by atoms with Gasteiger partial charge in [-0.25, -0.2) is 18.1 Å². The van der Waals surface area contributed by atoms with E-state index in [1.54, 1.807) is 11.6 Å². The zero-order valence-electron chi connectivity index (χ0n) is 20.9. The first-order chi connectivity index (χ1) is 17.4. The van der Waals surface area contributed by atoms with Crippen molar-refractivity contribution in [2.24, 2.45) is 13.0 Å². The highest BCUT2D eigenvalue weighted by atomic mass is 32.2. The van der Waals surface area contributed by atoms with Gasteiger partial charge in [0.25, 0.3) is 10.0 Å². The fraction of sp³-hybridized carbons (Fsp3) is 0.464. The van der Waals surface area contributed by atoms with Gasteiger partial charge in [0.2, 0.25) is 0 Å². The first kappa shape index (κ1) is 23.7. The van der Waals surface area contributed by atoms with Crippen molar-refractivity contribution >= 4 is 15.7 Å². The van der Waals surface area contributed by atoms with E-state index in [1.165, 1.54) is 67.4 Å². The van der Waals surface area contributed by atoms with Crippen LogP contribution in [-0.2, 0) is 29.9 Å². The smallest absolute Gasteiger partial charge is 0.259 e. The molecule has 190 valence electrons. The molecule has 0 saturated carbocycles. The Hall–Kier alpha value is -2.68. The van der Waals surface area contributed by atoms with Crippen molar-refractivity contribution in [3.63, 3.8) is 0 Å². The van der Waals surface area contributed by atoms with E-state index in [2.05, 4.69) is 68.0 Å². The summed E-state index contributed by atoms with van der Waals surface area (Å²) in [5.74, 6) is 1.18. The second kappa shape index (κ2) is 9.65. The number of benzene rings is 2. The van der Waals surface area contributed by atoms with Gasteiger partial charge in [0.1, 0.15) is 0 Å². The van der Waals surface area contributed by atoms with Crippen LogP contribution in [0.3, 0.4) is 0 Å². The number of aromatic nitrogens is 2. The number of nitrogens with one attached hydrogen (secondary N) is 1. The number of hydrogen-bond acceptors (Lipinski definition) is 5. The molecule has 8 heteroatoms. The summed E-state index contributed by atoms with van der Waals surface area (Å²) in [5.41, 5.74) is 5.57. The van der Waals surface area contributed by atoms with Crippen LogP contribution in [-0.4, -0.2) is 61.6 Å². The van der Waals surface area contributed by atoms with Crippen LogP contribution in [0, 0.1) is 5.92 Å². The predicted octanol–water partition coefficient (Wildman–Crippen LogP) is 3.18. The molecule has 36 heavy (non-hydrogen) atoms. The molecule has 0 spiro atoms. The van der Waals surface area contributed by atoms with Crippen LogP contribution in [0.5, 0.6) is 0 Å². The molecule has 2 aromatic carbocycles. The minimum absolute atomic E-state index is 0.0780. The van der Waals surface area contributed by atoms with Crippen LogP contribution in [0.2, 0.25) is 0 Å². The lowest BCUT2D eigenvalue weighted by atomic mass is 9.72. The molecular weight excluding hydrogens is 470 g/mol. The number of rotatable bonds is 8. The Labute approximate surface area is 214 Å². The van der Waals surface area contributed by atoms with E-state index >= 15 is 0 Å². The molecule has 6 rings (SSSR count). The topological polar surface area (TPSA) is 70.5 Å². The van der Waals surface area contributed by atoms with Crippen molar-refractivity contribution < 1.29 is 8.42 Å². The molecule has 1 N–H and O–H groups in total. The van der Waals surface area contributed by atoms with Crippen LogP contribution in [0.4, 0.5) is 5.69 Å². The Kier molecular flexibility index (Phi) is 6.35. The number of nitrogens with zero attached hydrogens (tertiary/aromatic N) is 4. The van der Waals surface area contributed by atoms with Crippen LogP contribution >= 0.6 is 0 Å². The van der Waals surface area contributed by atoms with Crippen molar-refractivity contribution in [3.05, 3.63) is 77.7 Å². The monoisotopic (exact) mass is 505 g/mol. The SMILES string of the molecule is Cn1cnc(S(=O)(=O)NC2CN(c3ccc4c(c3)[C@@H](Cc3ccccc3)[C@@H](CN3CCC3)CC4)C2)c1. The average molecular weight is 506 g/mol. The van der Waals surface area contributed by atoms with Crippen LogP contribution in [0.25, 0.3) is 0 Å². The summed E-state index contributed by atoms with van der Waals surface area (Å²) in [4.78, 5) is 8.90. The predicted molar refractivity (Wildman–Crippen MR) is 142 cm³/mol. The second-order valence-corrected chi connectivity index (χ2v) is 12.4. The van der Waals surface area contributed by atoms with Crippen LogP contribution in [0.1, 0.15) is 35.4 Å². The average Bonchev–Trinajstić information content (AvgIpc) is 3.27. The normalized spacial score (nSPS) is 22.6. The van der Waals surface area contributed by atoms with E-state index in [-0.39, 0.29) is 11.1 Å². The molecule has 3 heterocycles. The Morgan fingerprint density at radius 3 is 2.58 bits per heavy atom. The Morgan fingerprint density at radius 1 is 1.08 bits per heavy atom. The molecule has 2 atom stereocenters. The molecule has 2 saturated heterocycles. The first-order valence-electron chi connectivity index (χ1n) is 13.1. The second-order valence-electron chi connectivity index (χ2n) is 10.7. The van der Waals surface area contributed by atoms with Gasteiger partial charge in [0, 0.05) is 38.6 Å². The summed E-state index contributed by atoms with van der Waals surface area (Å²) in [6.07, 6.45) is 7.84. The largest absolute Gasteiger partial charge is 0.368 e. The van der Waals surface area contributed by atoms with Crippen molar-refractivity contribution in [1.82, 2.24) is 19.2 Å². The van der Waals surface area contributed by atoms with Gasteiger partial charge in [-0.3, -0.25) is 0 Å². The van der Waals surface area contributed by atoms with Gasteiger partial charge in [-0.2, -0.15) is 0 Å². The molecular formula is C28H35N5O2S. The van der Waals surface area contributed by atoms with Gasteiger partial charge in [0.15, 0.2) is 5.03 Å². The lowest BCUT2D eigenvalue weighted by Crippen LogP contribution is -2.59. The van der Waals surface area contributed by atoms with E-state index in [4.69, 9.17) is 0 Å². The quantitative estimate of drug-likeness (QED) is 0.509. The van der Waals surface area contributed by atoms with Gasteiger partial charge in [-0.1, -0.05) is 36.4 Å². The van der Waals surface area contributed by atoms with E-state index in [9.17, 15) is 8.42 Å². The standard InChI is InChI=1S/C28H35N5O2S/c1-31-19-28(29-20-31)36(34,35)30-24-17-33(18-24)25-11-10-22-8-9-23(16-32-12-5-13-32)26(27(22)15-25)14-21-6-3-2-4-7-21/h2-4,6-7,10-11,15,19-20,23-24,26,30H,5,8-9,12-14,16-18H2,1H3/t23-,26+/m1/s1. The highest BCUT2D eigenvalue weighted by Gasteiger charge is 2.35. The number of hydrogen-bond donors (Lipinski definition) is 1. The number of anilines is 1. The fourth-order valence-electron chi connectivity index (χ4n) is 5.98. The Bertz CT molecular complexity index is 1310. The minimum atomic E-state index is -3.59. The van der Waals surface area contributed by atoms with Crippen LogP contribution < -0.4 is 9.62 Å². The number of aryl methyl sites for hydroxylation is 2. The van der Waals surface area contributed by atoms with Crippen molar-refractivity contribution in [2.45, 2.75) is 42.7 Å². The van der Waals surface area contributed by atoms with Gasteiger partial charge in [-0.15, -0.1) is 0 Å². The highest BCUT2D eigenvalue weighted by Crippen LogP contribution is 2.41. The van der Waals surface area contributed by atoms with Gasteiger partial charge in [0.05, 0.1) is 12.4 Å². The van der Waals surface area contributed by atoms with Gasteiger partial charge >= 0.3 is 0 Å². The maximum absolute atomic E-state index is 12.6. The molecule has 0 radical (unpaired) electrons. The molecule has 0 unspecified atom stereocenters. The van der Waals surface area contributed by atoms with E-state index in [1.807, 2.05) is 0 Å². The molecule has 7 nitrogen and oxygen atoms in total. The summed E-state index contributed by atoms with van der Waals surface area (Å²) in [6.45, 7) is 5.02. The van der Waals surface area contributed by atoms with Gasteiger partial charge in [-0.05, 0) is 79.4 Å². The zero-order valence-corrected chi connectivity index (χ0v) is 21.7. The van der Waals surface area contributed by atoms with E-state index in [0.29, 0.717) is 24.9 Å². The van der Waals surface area contributed by atoms with E-state index in [0.717, 1.165) is 12.8 Å². The van der Waals surface area contributed by atoms with Crippen molar-refractivity contribution in [2.75, 3.05) is 37.6 Å². The maximum Gasteiger partial charge on any atom is 0.259 e. The molecule has 1 aromatic heterocycles. The number of fused-ring (bicyclic) bond motifs is 1. The third-order valence-electron chi connectivity index (χ3n) is 8.15. The zero-order chi connectivity index (χ0) is 24.7. The number of likely N-dealkylation sites (tertiary alicyclic amines) is 1. The summed E-state index contributed by atoms with van der Waals surface area (Å²) in [5, 5.41) is 0.0780. The van der Waals surface area contributed by atoms with Gasteiger partial charge < -0.3 is 14.4 Å². The highest BCUT2D eigenvalue weighted by molar-refractivity contribution is 7.89. The van der Waals surface area contributed by atoms with E-state index < -0.39 is 10.0 Å². The molecule has 3 aliphatic rings. The summed E-state index contributed by atoms with van der Waals surface area (Å²) in [6, 6.07) is 17.7. The molecule has 0 bridgehead atoms. The summed E-state index contributed by atoms with van der Waals surface area (Å²) < 4.78 is 29.8. The molecule has 1 aliphatic carbocycles. The third-order valence-corrected chi connectivity index (χ3v) is 9.55.